The smallest absolute Gasteiger partial charge is 0.230 e. The van der Waals surface area contributed by atoms with Gasteiger partial charge in [0.1, 0.15) is 0 Å². The first-order valence-electron chi connectivity index (χ1n) is 8.18. The van der Waals surface area contributed by atoms with E-state index in [1.54, 1.807) is 0 Å². The summed E-state index contributed by atoms with van der Waals surface area (Å²) >= 11 is 0. The van der Waals surface area contributed by atoms with Crippen molar-refractivity contribution in [2.45, 2.75) is 70.9 Å². The summed E-state index contributed by atoms with van der Waals surface area (Å²) in [5.41, 5.74) is 6.31. The predicted molar refractivity (Wildman–Crippen MR) is 79.9 cm³/mol. The Kier molecular flexibility index (Phi) is 4.06. The lowest BCUT2D eigenvalue weighted by atomic mass is 9.61. The Bertz CT molecular complexity index is 480. The molecule has 5 nitrogen and oxygen atoms in total. The molecular formula is C16H27N3O2. The molecule has 21 heavy (non-hydrogen) atoms. The molecule has 1 aliphatic heterocycles. The number of nitrogens with zero attached hydrogens (tertiary/aromatic N) is 2. The summed E-state index contributed by atoms with van der Waals surface area (Å²) in [5, 5.41) is 4.17. The zero-order valence-electron chi connectivity index (χ0n) is 13.3. The summed E-state index contributed by atoms with van der Waals surface area (Å²) in [5.74, 6) is 2.32. The van der Waals surface area contributed by atoms with Crippen molar-refractivity contribution in [3.8, 4) is 0 Å². The van der Waals surface area contributed by atoms with Gasteiger partial charge < -0.3 is 15.0 Å². The average Bonchev–Trinajstić information content (AvgIpc) is 3.09. The monoisotopic (exact) mass is 293 g/mol. The molecule has 2 fully saturated rings. The van der Waals surface area contributed by atoms with Crippen LogP contribution in [0.3, 0.4) is 0 Å². The highest BCUT2D eigenvalue weighted by Crippen LogP contribution is 2.49. The number of hydrogen-bond donors (Lipinski definition) is 1. The van der Waals surface area contributed by atoms with Crippen LogP contribution in [0.2, 0.25) is 0 Å². The van der Waals surface area contributed by atoms with E-state index in [4.69, 9.17) is 15.0 Å². The minimum atomic E-state index is 0.0886. The van der Waals surface area contributed by atoms with E-state index in [2.05, 4.69) is 30.9 Å². The van der Waals surface area contributed by atoms with E-state index in [1.165, 1.54) is 0 Å². The Morgan fingerprint density at radius 2 is 2.10 bits per heavy atom. The Balaban J connectivity index is 1.73. The first-order valence-corrected chi connectivity index (χ1v) is 8.18. The van der Waals surface area contributed by atoms with Gasteiger partial charge in [-0.05, 0) is 37.0 Å². The van der Waals surface area contributed by atoms with Gasteiger partial charge in [0.05, 0.1) is 6.10 Å². The lowest BCUT2D eigenvalue weighted by molar-refractivity contribution is 0.0805. The Hall–Kier alpha value is -0.940. The maximum atomic E-state index is 6.23. The lowest BCUT2D eigenvalue weighted by Gasteiger charge is -2.45. The SMILES string of the molecule is CC1C(N)CCC(c2nc(CC3CCCO3)no2)C1(C)C. The van der Waals surface area contributed by atoms with Gasteiger partial charge in [0, 0.05) is 25.0 Å². The van der Waals surface area contributed by atoms with Crippen LogP contribution >= 0.6 is 0 Å². The van der Waals surface area contributed by atoms with E-state index in [1.807, 2.05) is 0 Å². The number of hydrogen-bond acceptors (Lipinski definition) is 5. The largest absolute Gasteiger partial charge is 0.378 e. The first-order chi connectivity index (χ1) is 9.98. The lowest BCUT2D eigenvalue weighted by Crippen LogP contribution is -2.45. The van der Waals surface area contributed by atoms with Crippen LogP contribution in [-0.4, -0.2) is 28.9 Å². The molecule has 5 heteroatoms. The van der Waals surface area contributed by atoms with E-state index in [9.17, 15) is 0 Å². The maximum absolute atomic E-state index is 6.23. The second-order valence-electron chi connectivity index (χ2n) is 7.29. The molecule has 118 valence electrons. The number of ether oxygens (including phenoxy) is 1. The highest BCUT2D eigenvalue weighted by atomic mass is 16.5. The van der Waals surface area contributed by atoms with Crippen LogP contribution in [0.15, 0.2) is 4.52 Å². The van der Waals surface area contributed by atoms with Gasteiger partial charge in [0.15, 0.2) is 5.82 Å². The van der Waals surface area contributed by atoms with E-state index in [0.29, 0.717) is 11.8 Å². The average molecular weight is 293 g/mol. The van der Waals surface area contributed by atoms with E-state index < -0.39 is 0 Å². The molecule has 2 N–H and O–H groups in total. The zero-order valence-corrected chi connectivity index (χ0v) is 13.3. The zero-order chi connectivity index (χ0) is 15.0. The summed E-state index contributed by atoms with van der Waals surface area (Å²) in [6, 6.07) is 0.269. The molecule has 1 aromatic rings. The van der Waals surface area contributed by atoms with Gasteiger partial charge in [-0.15, -0.1) is 0 Å². The van der Waals surface area contributed by atoms with Crippen molar-refractivity contribution < 1.29 is 9.26 Å². The molecule has 0 spiro atoms. The summed E-state index contributed by atoms with van der Waals surface area (Å²) in [6.07, 6.45) is 5.33. The molecular weight excluding hydrogens is 266 g/mol. The summed E-state index contributed by atoms with van der Waals surface area (Å²) in [6.45, 7) is 7.64. The van der Waals surface area contributed by atoms with Gasteiger partial charge in [-0.1, -0.05) is 25.9 Å². The van der Waals surface area contributed by atoms with Gasteiger partial charge in [0.2, 0.25) is 5.89 Å². The van der Waals surface area contributed by atoms with Crippen LogP contribution in [0, 0.1) is 11.3 Å². The van der Waals surface area contributed by atoms with Crippen LogP contribution in [0.4, 0.5) is 0 Å². The molecule has 0 radical (unpaired) electrons. The van der Waals surface area contributed by atoms with Gasteiger partial charge in [-0.25, -0.2) is 0 Å². The molecule has 0 amide bonds. The Morgan fingerprint density at radius 3 is 2.81 bits per heavy atom. The minimum Gasteiger partial charge on any atom is -0.378 e. The third-order valence-corrected chi connectivity index (χ3v) is 5.72. The normalized spacial score (nSPS) is 36.0. The third kappa shape index (κ3) is 2.86. The van der Waals surface area contributed by atoms with Crippen LogP contribution < -0.4 is 5.73 Å². The Morgan fingerprint density at radius 1 is 1.29 bits per heavy atom. The third-order valence-electron chi connectivity index (χ3n) is 5.72. The molecule has 4 unspecified atom stereocenters. The molecule has 3 rings (SSSR count). The first kappa shape index (κ1) is 15.0. The second kappa shape index (κ2) is 5.69. The fraction of sp³-hybridized carbons (Fsp3) is 0.875. The van der Waals surface area contributed by atoms with Crippen molar-refractivity contribution in [3.05, 3.63) is 11.7 Å². The van der Waals surface area contributed by atoms with Crippen LogP contribution in [-0.2, 0) is 11.2 Å². The van der Waals surface area contributed by atoms with Gasteiger partial charge in [-0.3, -0.25) is 0 Å². The highest BCUT2D eigenvalue weighted by molar-refractivity contribution is 5.07. The molecule has 2 aliphatic rings. The van der Waals surface area contributed by atoms with E-state index >= 15 is 0 Å². The van der Waals surface area contributed by atoms with Crippen molar-refractivity contribution >= 4 is 0 Å². The van der Waals surface area contributed by atoms with E-state index in [0.717, 1.165) is 50.4 Å². The number of nitrogens with two attached hydrogens (primary N) is 1. The summed E-state index contributed by atoms with van der Waals surface area (Å²) in [4.78, 5) is 4.65. The molecule has 0 aromatic carbocycles. The predicted octanol–water partition coefficient (Wildman–Crippen LogP) is 2.66. The minimum absolute atomic E-state index is 0.0886. The van der Waals surface area contributed by atoms with Crippen molar-refractivity contribution in [1.29, 1.82) is 0 Å². The molecule has 1 aliphatic carbocycles. The van der Waals surface area contributed by atoms with E-state index in [-0.39, 0.29) is 17.6 Å². The molecule has 1 saturated heterocycles. The summed E-state index contributed by atoms with van der Waals surface area (Å²) < 4.78 is 11.2. The van der Waals surface area contributed by atoms with Crippen LogP contribution in [0.25, 0.3) is 0 Å². The van der Waals surface area contributed by atoms with Crippen LogP contribution in [0.1, 0.15) is 64.1 Å². The van der Waals surface area contributed by atoms with Crippen molar-refractivity contribution in [3.63, 3.8) is 0 Å². The maximum Gasteiger partial charge on any atom is 0.230 e. The number of rotatable bonds is 3. The molecule has 2 heterocycles. The van der Waals surface area contributed by atoms with Crippen LogP contribution in [0.5, 0.6) is 0 Å². The van der Waals surface area contributed by atoms with Gasteiger partial charge >= 0.3 is 0 Å². The van der Waals surface area contributed by atoms with Gasteiger partial charge in [-0.2, -0.15) is 4.98 Å². The van der Waals surface area contributed by atoms with Crippen molar-refractivity contribution in [2.24, 2.45) is 17.1 Å². The standard InChI is InChI=1S/C16H27N3O2/c1-10-13(17)7-6-12(16(10,2)3)15-18-14(19-21-15)9-11-5-4-8-20-11/h10-13H,4-9,17H2,1-3H3. The molecule has 1 saturated carbocycles. The number of aromatic nitrogens is 2. The quantitative estimate of drug-likeness (QED) is 0.927. The highest BCUT2D eigenvalue weighted by Gasteiger charge is 2.44. The summed E-state index contributed by atoms with van der Waals surface area (Å²) in [7, 11) is 0. The fourth-order valence-electron chi connectivity index (χ4n) is 3.79. The fourth-order valence-corrected chi connectivity index (χ4v) is 3.79. The second-order valence-corrected chi connectivity index (χ2v) is 7.29. The van der Waals surface area contributed by atoms with Gasteiger partial charge in [0.25, 0.3) is 0 Å². The van der Waals surface area contributed by atoms with Crippen molar-refractivity contribution in [1.82, 2.24) is 10.1 Å². The molecule has 4 atom stereocenters. The van der Waals surface area contributed by atoms with Crippen molar-refractivity contribution in [2.75, 3.05) is 6.61 Å². The Labute approximate surface area is 126 Å². The molecule has 0 bridgehead atoms. The molecule has 1 aromatic heterocycles. The topological polar surface area (TPSA) is 74.2 Å².